The summed E-state index contributed by atoms with van der Waals surface area (Å²) in [5.41, 5.74) is 2.40. The Hall–Kier alpha value is -2.40. The van der Waals surface area contributed by atoms with E-state index in [1.807, 2.05) is 36.4 Å². The maximum absolute atomic E-state index is 12.0. The van der Waals surface area contributed by atoms with Crippen LogP contribution in [0.4, 0.5) is 0 Å². The molecule has 2 aromatic carbocycles. The van der Waals surface area contributed by atoms with Crippen LogP contribution >= 0.6 is 0 Å². The Kier molecular flexibility index (Phi) is 3.35. The van der Waals surface area contributed by atoms with E-state index < -0.39 is 9.84 Å². The second-order valence-corrected chi connectivity index (χ2v) is 6.72. The van der Waals surface area contributed by atoms with E-state index in [0.717, 1.165) is 11.3 Å². The SMILES string of the molecule is CS(=O)(=O)c1ccccc1-n1nccc1-c1ccccc1. The van der Waals surface area contributed by atoms with Gasteiger partial charge >= 0.3 is 0 Å². The molecule has 21 heavy (non-hydrogen) atoms. The minimum atomic E-state index is -3.32. The Bertz CT molecular complexity index is 868. The molecule has 106 valence electrons. The highest BCUT2D eigenvalue weighted by Crippen LogP contribution is 2.26. The van der Waals surface area contributed by atoms with Crippen LogP contribution in [0.25, 0.3) is 16.9 Å². The molecule has 0 saturated carbocycles. The maximum atomic E-state index is 12.0. The van der Waals surface area contributed by atoms with Gasteiger partial charge in [0.1, 0.15) is 0 Å². The number of sulfone groups is 1. The second kappa shape index (κ2) is 5.18. The van der Waals surface area contributed by atoms with Crippen molar-refractivity contribution in [3.05, 3.63) is 66.9 Å². The second-order valence-electron chi connectivity index (χ2n) is 4.73. The molecule has 5 heteroatoms. The van der Waals surface area contributed by atoms with Crippen molar-refractivity contribution in [2.45, 2.75) is 4.90 Å². The molecule has 0 spiro atoms. The number of benzene rings is 2. The van der Waals surface area contributed by atoms with Gasteiger partial charge in [-0.25, -0.2) is 13.1 Å². The van der Waals surface area contributed by atoms with Gasteiger partial charge in [-0.15, -0.1) is 0 Å². The van der Waals surface area contributed by atoms with Crippen LogP contribution in [-0.2, 0) is 9.84 Å². The number of hydrogen-bond acceptors (Lipinski definition) is 3. The topological polar surface area (TPSA) is 52.0 Å². The lowest BCUT2D eigenvalue weighted by Crippen LogP contribution is -2.07. The number of rotatable bonds is 3. The lowest BCUT2D eigenvalue weighted by Gasteiger charge is -2.11. The van der Waals surface area contributed by atoms with Gasteiger partial charge in [0.2, 0.25) is 0 Å². The molecule has 0 radical (unpaired) electrons. The highest BCUT2D eigenvalue weighted by atomic mass is 32.2. The van der Waals surface area contributed by atoms with E-state index in [4.69, 9.17) is 0 Å². The summed E-state index contributed by atoms with van der Waals surface area (Å²) in [7, 11) is -3.32. The summed E-state index contributed by atoms with van der Waals surface area (Å²) < 4.78 is 25.6. The summed E-state index contributed by atoms with van der Waals surface area (Å²) >= 11 is 0. The standard InChI is InChI=1S/C16H14N2O2S/c1-21(19,20)16-10-6-5-9-15(16)18-14(11-12-17-18)13-7-3-2-4-8-13/h2-12H,1H3. The predicted molar refractivity (Wildman–Crippen MR) is 82.1 cm³/mol. The van der Waals surface area contributed by atoms with E-state index in [9.17, 15) is 8.42 Å². The summed E-state index contributed by atoms with van der Waals surface area (Å²) in [6, 6.07) is 18.5. The van der Waals surface area contributed by atoms with E-state index in [0.29, 0.717) is 5.69 Å². The number of aromatic nitrogens is 2. The highest BCUT2D eigenvalue weighted by Gasteiger charge is 2.16. The zero-order valence-corrected chi connectivity index (χ0v) is 12.3. The van der Waals surface area contributed by atoms with Gasteiger partial charge in [0, 0.05) is 11.8 Å². The van der Waals surface area contributed by atoms with Crippen LogP contribution in [0.3, 0.4) is 0 Å². The fraction of sp³-hybridized carbons (Fsp3) is 0.0625. The third-order valence-electron chi connectivity index (χ3n) is 3.21. The average Bonchev–Trinajstić information content (AvgIpc) is 2.96. The first-order valence-corrected chi connectivity index (χ1v) is 8.35. The van der Waals surface area contributed by atoms with Gasteiger partial charge in [-0.3, -0.25) is 0 Å². The Morgan fingerprint density at radius 3 is 2.29 bits per heavy atom. The zero-order chi connectivity index (χ0) is 14.9. The molecule has 0 aliphatic heterocycles. The molecular weight excluding hydrogens is 284 g/mol. The van der Waals surface area contributed by atoms with Crippen molar-refractivity contribution in [1.82, 2.24) is 9.78 Å². The van der Waals surface area contributed by atoms with Crippen LogP contribution in [0, 0.1) is 0 Å². The van der Waals surface area contributed by atoms with E-state index in [2.05, 4.69) is 5.10 Å². The van der Waals surface area contributed by atoms with Gasteiger partial charge in [0.15, 0.2) is 9.84 Å². The first kappa shape index (κ1) is 13.6. The predicted octanol–water partition coefficient (Wildman–Crippen LogP) is 2.94. The Labute approximate surface area is 123 Å². The maximum Gasteiger partial charge on any atom is 0.177 e. The van der Waals surface area contributed by atoms with E-state index in [-0.39, 0.29) is 4.90 Å². The molecule has 0 unspecified atom stereocenters. The quantitative estimate of drug-likeness (QED) is 0.747. The average molecular weight is 298 g/mol. The van der Waals surface area contributed by atoms with Gasteiger partial charge in [0.05, 0.1) is 22.5 Å². The molecule has 4 nitrogen and oxygen atoms in total. The number of hydrogen-bond donors (Lipinski definition) is 0. The Balaban J connectivity index is 2.23. The number of nitrogens with zero attached hydrogens (tertiary/aromatic N) is 2. The van der Waals surface area contributed by atoms with Crippen molar-refractivity contribution in [1.29, 1.82) is 0 Å². The van der Waals surface area contributed by atoms with Crippen LogP contribution in [0.5, 0.6) is 0 Å². The lowest BCUT2D eigenvalue weighted by molar-refractivity contribution is 0.601. The van der Waals surface area contributed by atoms with Gasteiger partial charge in [-0.2, -0.15) is 5.10 Å². The monoisotopic (exact) mass is 298 g/mol. The van der Waals surface area contributed by atoms with Crippen molar-refractivity contribution < 1.29 is 8.42 Å². The normalized spacial score (nSPS) is 11.5. The van der Waals surface area contributed by atoms with E-state index >= 15 is 0 Å². The molecule has 0 saturated heterocycles. The fourth-order valence-electron chi connectivity index (χ4n) is 2.27. The van der Waals surface area contributed by atoms with Gasteiger partial charge in [-0.1, -0.05) is 42.5 Å². The van der Waals surface area contributed by atoms with Crippen LogP contribution in [0.1, 0.15) is 0 Å². The first-order valence-electron chi connectivity index (χ1n) is 6.46. The molecule has 0 aliphatic rings. The van der Waals surface area contributed by atoms with Crippen LogP contribution < -0.4 is 0 Å². The molecule has 0 atom stereocenters. The largest absolute Gasteiger partial charge is 0.232 e. The van der Waals surface area contributed by atoms with E-state index in [1.165, 1.54) is 6.26 Å². The van der Waals surface area contributed by atoms with Crippen LogP contribution in [0.15, 0.2) is 71.8 Å². The molecule has 0 N–H and O–H groups in total. The van der Waals surface area contributed by atoms with Crippen molar-refractivity contribution in [3.63, 3.8) is 0 Å². The van der Waals surface area contributed by atoms with Crippen molar-refractivity contribution in [3.8, 4) is 16.9 Å². The van der Waals surface area contributed by atoms with Crippen molar-refractivity contribution >= 4 is 9.84 Å². The molecule has 0 amide bonds. The molecular formula is C16H14N2O2S. The summed E-state index contributed by atoms with van der Waals surface area (Å²) in [6.45, 7) is 0. The smallest absolute Gasteiger partial charge is 0.177 e. The zero-order valence-electron chi connectivity index (χ0n) is 11.5. The third-order valence-corrected chi connectivity index (χ3v) is 4.35. The van der Waals surface area contributed by atoms with E-state index in [1.54, 1.807) is 35.1 Å². The molecule has 0 aliphatic carbocycles. The van der Waals surface area contributed by atoms with Gasteiger partial charge in [-0.05, 0) is 18.2 Å². The van der Waals surface area contributed by atoms with Crippen molar-refractivity contribution in [2.75, 3.05) is 6.26 Å². The summed E-state index contributed by atoms with van der Waals surface area (Å²) in [6.07, 6.45) is 2.87. The molecule has 3 rings (SSSR count). The van der Waals surface area contributed by atoms with Crippen LogP contribution in [-0.4, -0.2) is 24.5 Å². The minimum Gasteiger partial charge on any atom is -0.232 e. The summed E-state index contributed by atoms with van der Waals surface area (Å²) in [5, 5.41) is 4.29. The van der Waals surface area contributed by atoms with Gasteiger partial charge in [0.25, 0.3) is 0 Å². The fourth-order valence-corrected chi connectivity index (χ4v) is 3.13. The summed E-state index contributed by atoms with van der Waals surface area (Å²) in [5.74, 6) is 0. The minimum absolute atomic E-state index is 0.269. The molecule has 1 heterocycles. The Morgan fingerprint density at radius 2 is 1.57 bits per heavy atom. The molecule has 0 bridgehead atoms. The molecule has 3 aromatic rings. The van der Waals surface area contributed by atoms with Crippen molar-refractivity contribution in [2.24, 2.45) is 0 Å². The van der Waals surface area contributed by atoms with Gasteiger partial charge < -0.3 is 0 Å². The first-order chi connectivity index (χ1) is 10.1. The lowest BCUT2D eigenvalue weighted by atomic mass is 10.1. The molecule has 1 aromatic heterocycles. The summed E-state index contributed by atoms with van der Waals surface area (Å²) in [4.78, 5) is 0.269. The molecule has 0 fully saturated rings. The number of para-hydroxylation sites is 1. The highest BCUT2D eigenvalue weighted by molar-refractivity contribution is 7.90. The van der Waals surface area contributed by atoms with Crippen LogP contribution in [0.2, 0.25) is 0 Å². The third kappa shape index (κ3) is 2.60. The Morgan fingerprint density at radius 1 is 0.905 bits per heavy atom.